The van der Waals surface area contributed by atoms with Gasteiger partial charge in [-0.2, -0.15) is 0 Å². The van der Waals surface area contributed by atoms with Crippen LogP contribution >= 0.6 is 27.5 Å². The minimum Gasteiger partial charge on any atom is -0.138 e. The first-order valence-corrected chi connectivity index (χ1v) is 5.78. The monoisotopic (exact) mass is 254 g/mol. The summed E-state index contributed by atoms with van der Waals surface area (Å²) in [7, 11) is 0. The van der Waals surface area contributed by atoms with Gasteiger partial charge in [0.1, 0.15) is 5.69 Å². The third-order valence-electron chi connectivity index (χ3n) is 1.76. The highest BCUT2D eigenvalue weighted by Crippen LogP contribution is 2.18. The van der Waals surface area contributed by atoms with Crippen molar-refractivity contribution in [1.29, 1.82) is 0 Å². The molecule has 0 fully saturated rings. The van der Waals surface area contributed by atoms with E-state index in [2.05, 4.69) is 49.8 Å². The number of rotatable bonds is 2. The van der Waals surface area contributed by atoms with Crippen molar-refractivity contribution in [3.8, 4) is 11.3 Å². The van der Waals surface area contributed by atoms with E-state index in [1.54, 1.807) is 0 Å². The molecule has 0 unspecified atom stereocenters. The van der Waals surface area contributed by atoms with Gasteiger partial charge >= 0.3 is 0 Å². The molecule has 66 valence electrons. The van der Waals surface area contributed by atoms with E-state index >= 15 is 0 Å². The SMILES string of the molecule is BrCc1ccc(-c2csnn2)cc1. The Morgan fingerprint density at radius 2 is 2.00 bits per heavy atom. The molecule has 0 aliphatic heterocycles. The molecule has 1 heterocycles. The Kier molecular flexibility index (Phi) is 2.71. The third-order valence-corrected chi connectivity index (χ3v) is 2.92. The summed E-state index contributed by atoms with van der Waals surface area (Å²) in [5.74, 6) is 0. The summed E-state index contributed by atoms with van der Waals surface area (Å²) in [6, 6.07) is 8.30. The van der Waals surface area contributed by atoms with Crippen molar-refractivity contribution in [2.75, 3.05) is 0 Å². The molecule has 0 saturated carbocycles. The largest absolute Gasteiger partial charge is 0.138 e. The Labute approximate surface area is 88.9 Å². The second-order valence-electron chi connectivity index (χ2n) is 2.62. The topological polar surface area (TPSA) is 25.8 Å². The van der Waals surface area contributed by atoms with Crippen LogP contribution in [0.1, 0.15) is 5.56 Å². The summed E-state index contributed by atoms with van der Waals surface area (Å²) in [6.45, 7) is 0. The molecule has 4 heteroatoms. The highest BCUT2D eigenvalue weighted by Gasteiger charge is 1.99. The van der Waals surface area contributed by atoms with Crippen LogP contribution in [0.15, 0.2) is 29.6 Å². The maximum Gasteiger partial charge on any atom is 0.105 e. The molecular weight excluding hydrogens is 248 g/mol. The molecule has 0 N–H and O–H groups in total. The zero-order chi connectivity index (χ0) is 9.10. The predicted octanol–water partition coefficient (Wildman–Crippen LogP) is 3.10. The highest BCUT2D eigenvalue weighted by atomic mass is 79.9. The quantitative estimate of drug-likeness (QED) is 0.770. The minimum atomic E-state index is 0.891. The Bertz CT molecular complexity index is 369. The number of benzene rings is 1. The standard InChI is InChI=1S/C9H7BrN2S/c10-5-7-1-3-8(4-2-7)9-6-13-12-11-9/h1-4,6H,5H2. The number of hydrogen-bond donors (Lipinski definition) is 0. The first-order chi connectivity index (χ1) is 6.40. The Morgan fingerprint density at radius 1 is 1.23 bits per heavy atom. The molecule has 2 nitrogen and oxygen atoms in total. The van der Waals surface area contributed by atoms with Crippen molar-refractivity contribution in [1.82, 2.24) is 9.59 Å². The number of nitrogens with zero attached hydrogens (tertiary/aromatic N) is 2. The Balaban J connectivity index is 2.33. The minimum absolute atomic E-state index is 0.891. The van der Waals surface area contributed by atoms with Crippen LogP contribution < -0.4 is 0 Å². The zero-order valence-electron chi connectivity index (χ0n) is 6.77. The molecule has 1 aromatic heterocycles. The maximum atomic E-state index is 4.00. The lowest BCUT2D eigenvalue weighted by atomic mass is 10.1. The summed E-state index contributed by atoms with van der Waals surface area (Å²) in [6.07, 6.45) is 0. The number of alkyl halides is 1. The lowest BCUT2D eigenvalue weighted by molar-refractivity contribution is 1.16. The molecule has 0 amide bonds. The Morgan fingerprint density at radius 3 is 2.54 bits per heavy atom. The number of halogens is 1. The lowest BCUT2D eigenvalue weighted by Crippen LogP contribution is -1.80. The maximum absolute atomic E-state index is 4.00. The first kappa shape index (κ1) is 8.84. The van der Waals surface area contributed by atoms with Gasteiger partial charge in [0, 0.05) is 16.3 Å². The van der Waals surface area contributed by atoms with Crippen LogP contribution in [-0.4, -0.2) is 9.59 Å². The fourth-order valence-electron chi connectivity index (χ4n) is 1.05. The van der Waals surface area contributed by atoms with Gasteiger partial charge in [-0.15, -0.1) is 5.10 Å². The van der Waals surface area contributed by atoms with Crippen molar-refractivity contribution < 1.29 is 0 Å². The van der Waals surface area contributed by atoms with E-state index in [0.717, 1.165) is 16.6 Å². The smallest absolute Gasteiger partial charge is 0.105 e. The van der Waals surface area contributed by atoms with Crippen LogP contribution in [0.3, 0.4) is 0 Å². The highest BCUT2D eigenvalue weighted by molar-refractivity contribution is 9.08. The molecule has 0 aliphatic carbocycles. The van der Waals surface area contributed by atoms with Gasteiger partial charge in [-0.25, -0.2) is 0 Å². The van der Waals surface area contributed by atoms with E-state index < -0.39 is 0 Å². The van der Waals surface area contributed by atoms with E-state index in [-0.39, 0.29) is 0 Å². The van der Waals surface area contributed by atoms with Gasteiger partial charge in [-0.3, -0.25) is 0 Å². The van der Waals surface area contributed by atoms with Crippen LogP contribution in [0.5, 0.6) is 0 Å². The molecule has 0 atom stereocenters. The summed E-state index contributed by atoms with van der Waals surface area (Å²) >= 11 is 4.78. The molecule has 13 heavy (non-hydrogen) atoms. The van der Waals surface area contributed by atoms with Crippen molar-refractivity contribution in [3.63, 3.8) is 0 Å². The Hall–Kier alpha value is -0.740. The molecular formula is C9H7BrN2S. The van der Waals surface area contributed by atoms with Crippen molar-refractivity contribution in [2.45, 2.75) is 5.33 Å². The van der Waals surface area contributed by atoms with E-state index in [0.29, 0.717) is 0 Å². The van der Waals surface area contributed by atoms with Crippen LogP contribution in [-0.2, 0) is 5.33 Å². The zero-order valence-corrected chi connectivity index (χ0v) is 9.18. The fourth-order valence-corrected chi connectivity index (χ4v) is 1.89. The number of hydrogen-bond acceptors (Lipinski definition) is 3. The van der Waals surface area contributed by atoms with Crippen molar-refractivity contribution in [2.24, 2.45) is 0 Å². The molecule has 0 aliphatic rings. The van der Waals surface area contributed by atoms with E-state index in [9.17, 15) is 0 Å². The van der Waals surface area contributed by atoms with Gasteiger partial charge in [0.05, 0.1) is 0 Å². The van der Waals surface area contributed by atoms with Crippen molar-refractivity contribution >= 4 is 27.5 Å². The summed E-state index contributed by atoms with van der Waals surface area (Å²) in [5.41, 5.74) is 3.34. The summed E-state index contributed by atoms with van der Waals surface area (Å²) in [4.78, 5) is 0. The van der Waals surface area contributed by atoms with E-state index in [1.807, 2.05) is 5.38 Å². The molecule has 2 rings (SSSR count). The lowest BCUT2D eigenvalue weighted by Gasteiger charge is -1.97. The number of aromatic nitrogens is 2. The summed E-state index contributed by atoms with van der Waals surface area (Å²) < 4.78 is 3.82. The van der Waals surface area contributed by atoms with Crippen LogP contribution in [0.25, 0.3) is 11.3 Å². The van der Waals surface area contributed by atoms with Gasteiger partial charge < -0.3 is 0 Å². The average Bonchev–Trinajstić information content (AvgIpc) is 2.71. The first-order valence-electron chi connectivity index (χ1n) is 3.82. The fraction of sp³-hybridized carbons (Fsp3) is 0.111. The average molecular weight is 255 g/mol. The van der Waals surface area contributed by atoms with Gasteiger partial charge in [-0.1, -0.05) is 44.7 Å². The van der Waals surface area contributed by atoms with Crippen molar-refractivity contribution in [3.05, 3.63) is 35.2 Å². The molecule has 0 bridgehead atoms. The molecule has 0 spiro atoms. The van der Waals surface area contributed by atoms with Gasteiger partial charge in [0.15, 0.2) is 0 Å². The van der Waals surface area contributed by atoms with Gasteiger partial charge in [-0.05, 0) is 17.1 Å². The van der Waals surface area contributed by atoms with Gasteiger partial charge in [0.2, 0.25) is 0 Å². The van der Waals surface area contributed by atoms with E-state index in [4.69, 9.17) is 0 Å². The van der Waals surface area contributed by atoms with Crippen LogP contribution in [0, 0.1) is 0 Å². The predicted molar refractivity (Wildman–Crippen MR) is 58.0 cm³/mol. The van der Waals surface area contributed by atoms with E-state index in [1.165, 1.54) is 17.1 Å². The van der Waals surface area contributed by atoms with Gasteiger partial charge in [0.25, 0.3) is 0 Å². The molecule has 0 radical (unpaired) electrons. The molecule has 1 aromatic carbocycles. The second-order valence-corrected chi connectivity index (χ2v) is 3.79. The van der Waals surface area contributed by atoms with Crippen LogP contribution in [0.4, 0.5) is 0 Å². The summed E-state index contributed by atoms with van der Waals surface area (Å²) in [5, 5.41) is 6.84. The molecule has 2 aromatic rings. The third kappa shape index (κ3) is 1.95. The molecule has 0 saturated heterocycles. The normalized spacial score (nSPS) is 10.2. The van der Waals surface area contributed by atoms with Crippen LogP contribution in [0.2, 0.25) is 0 Å². The second kappa shape index (κ2) is 3.98.